The summed E-state index contributed by atoms with van der Waals surface area (Å²) in [6, 6.07) is 5.58. The second-order valence-corrected chi connectivity index (χ2v) is 4.43. The molecule has 3 nitrogen and oxygen atoms in total. The predicted molar refractivity (Wildman–Crippen MR) is 68.6 cm³/mol. The first kappa shape index (κ1) is 16.8. The van der Waals surface area contributed by atoms with Gasteiger partial charge in [0, 0.05) is 6.20 Å². The zero-order valence-electron chi connectivity index (χ0n) is 11.2. The van der Waals surface area contributed by atoms with E-state index in [-0.39, 0.29) is 5.82 Å². The number of nitrogens with one attached hydrogen (secondary N) is 1. The number of hydrogen-bond acceptors (Lipinski definition) is 2. The number of carbonyl (C=O) groups excluding carboxylic acids is 1. The molecule has 9 heteroatoms. The normalized spacial score (nSPS) is 12.1. The molecule has 0 fully saturated rings. The maximum Gasteiger partial charge on any atom is 0.417 e. The Morgan fingerprint density at radius 2 is 1.57 bits per heavy atom. The number of rotatable bonds is 2. The van der Waals surface area contributed by atoms with Gasteiger partial charge in [0.1, 0.15) is 5.82 Å². The molecule has 0 saturated carbocycles. The Morgan fingerprint density at radius 3 is 2.09 bits per heavy atom. The van der Waals surface area contributed by atoms with E-state index in [1.54, 1.807) is 0 Å². The molecule has 1 N–H and O–H groups in total. The minimum Gasteiger partial charge on any atom is -0.307 e. The third-order valence-electron chi connectivity index (χ3n) is 2.81. The molecule has 0 unspecified atom stereocenters. The van der Waals surface area contributed by atoms with Crippen molar-refractivity contribution in [3.63, 3.8) is 0 Å². The van der Waals surface area contributed by atoms with Crippen molar-refractivity contribution in [1.82, 2.24) is 4.98 Å². The number of pyridine rings is 1. The summed E-state index contributed by atoms with van der Waals surface area (Å²) in [6.45, 7) is 0. The van der Waals surface area contributed by atoms with E-state index in [4.69, 9.17) is 0 Å². The summed E-state index contributed by atoms with van der Waals surface area (Å²) in [4.78, 5) is 15.3. The zero-order valence-corrected chi connectivity index (χ0v) is 11.2. The molecular weight excluding hydrogens is 326 g/mol. The molecular formula is C14H8F6N2O. The van der Waals surface area contributed by atoms with Crippen LogP contribution in [0.5, 0.6) is 0 Å². The van der Waals surface area contributed by atoms with Gasteiger partial charge in [-0.3, -0.25) is 4.79 Å². The molecule has 2 rings (SSSR count). The number of alkyl halides is 6. The lowest BCUT2D eigenvalue weighted by Crippen LogP contribution is -2.19. The van der Waals surface area contributed by atoms with E-state index in [1.165, 1.54) is 6.07 Å². The van der Waals surface area contributed by atoms with E-state index < -0.39 is 35.0 Å². The molecule has 0 saturated heterocycles. The third-order valence-corrected chi connectivity index (χ3v) is 2.81. The quantitative estimate of drug-likeness (QED) is 0.829. The van der Waals surface area contributed by atoms with Gasteiger partial charge >= 0.3 is 12.4 Å². The Morgan fingerprint density at radius 1 is 0.913 bits per heavy atom. The highest BCUT2D eigenvalue weighted by atomic mass is 19.4. The van der Waals surface area contributed by atoms with Gasteiger partial charge in [-0.25, -0.2) is 4.98 Å². The molecule has 1 aromatic carbocycles. The fraction of sp³-hybridized carbons (Fsp3) is 0.143. The molecule has 0 aliphatic rings. The van der Waals surface area contributed by atoms with Crippen molar-refractivity contribution in [2.24, 2.45) is 0 Å². The number of benzene rings is 1. The van der Waals surface area contributed by atoms with E-state index in [0.717, 1.165) is 24.3 Å². The Balaban J connectivity index is 2.24. The summed E-state index contributed by atoms with van der Waals surface area (Å²) in [5, 5.41) is 2.03. The highest BCUT2D eigenvalue weighted by Crippen LogP contribution is 2.32. The SMILES string of the molecule is O=C(Nc1ccc(C(F)(F)F)cn1)c1ccccc1C(F)(F)F. The largest absolute Gasteiger partial charge is 0.417 e. The van der Waals surface area contributed by atoms with Gasteiger partial charge in [-0.15, -0.1) is 0 Å². The van der Waals surface area contributed by atoms with Crippen LogP contribution in [-0.2, 0) is 12.4 Å². The number of halogens is 6. The second-order valence-electron chi connectivity index (χ2n) is 4.43. The van der Waals surface area contributed by atoms with Gasteiger partial charge in [0.25, 0.3) is 5.91 Å². The van der Waals surface area contributed by atoms with Crippen molar-refractivity contribution in [3.8, 4) is 0 Å². The first-order valence-electron chi connectivity index (χ1n) is 6.10. The van der Waals surface area contributed by atoms with Crippen molar-refractivity contribution in [2.75, 3.05) is 5.32 Å². The fourth-order valence-electron chi connectivity index (χ4n) is 1.75. The Bertz CT molecular complexity index is 706. The van der Waals surface area contributed by atoms with E-state index in [0.29, 0.717) is 12.3 Å². The van der Waals surface area contributed by atoms with Crippen LogP contribution in [0.15, 0.2) is 42.6 Å². The molecule has 0 aliphatic carbocycles. The molecule has 2 aromatic rings. The Kier molecular flexibility index (Phi) is 4.31. The number of carbonyl (C=O) groups is 1. The van der Waals surface area contributed by atoms with Crippen LogP contribution in [0.4, 0.5) is 32.2 Å². The number of anilines is 1. The first-order chi connectivity index (χ1) is 10.6. The summed E-state index contributed by atoms with van der Waals surface area (Å²) in [7, 11) is 0. The van der Waals surface area contributed by atoms with Crippen molar-refractivity contribution in [2.45, 2.75) is 12.4 Å². The molecule has 0 aliphatic heterocycles. The zero-order chi connectivity index (χ0) is 17.3. The van der Waals surface area contributed by atoms with Gasteiger partial charge in [0.2, 0.25) is 0 Å². The van der Waals surface area contributed by atoms with E-state index in [1.807, 2.05) is 5.32 Å². The van der Waals surface area contributed by atoms with Gasteiger partial charge in [0.05, 0.1) is 16.7 Å². The van der Waals surface area contributed by atoms with Gasteiger partial charge in [-0.2, -0.15) is 26.3 Å². The summed E-state index contributed by atoms with van der Waals surface area (Å²) >= 11 is 0. The monoisotopic (exact) mass is 334 g/mol. The van der Waals surface area contributed by atoms with Crippen LogP contribution in [0.3, 0.4) is 0 Å². The summed E-state index contributed by atoms with van der Waals surface area (Å²) < 4.78 is 75.6. The molecule has 0 radical (unpaired) electrons. The van der Waals surface area contributed by atoms with Crippen LogP contribution in [0, 0.1) is 0 Å². The smallest absolute Gasteiger partial charge is 0.307 e. The van der Waals surface area contributed by atoms with Gasteiger partial charge in [-0.05, 0) is 24.3 Å². The minimum absolute atomic E-state index is 0.292. The highest BCUT2D eigenvalue weighted by Gasteiger charge is 2.35. The van der Waals surface area contributed by atoms with Crippen molar-refractivity contribution in [1.29, 1.82) is 0 Å². The molecule has 0 atom stereocenters. The van der Waals surface area contributed by atoms with Crippen molar-refractivity contribution in [3.05, 3.63) is 59.3 Å². The molecule has 1 amide bonds. The molecule has 0 bridgehead atoms. The van der Waals surface area contributed by atoms with Crippen LogP contribution >= 0.6 is 0 Å². The number of amides is 1. The van der Waals surface area contributed by atoms with Crippen LogP contribution in [-0.4, -0.2) is 10.9 Å². The van der Waals surface area contributed by atoms with Crippen LogP contribution in [0.2, 0.25) is 0 Å². The van der Waals surface area contributed by atoms with Crippen LogP contribution < -0.4 is 5.32 Å². The number of aromatic nitrogens is 1. The topological polar surface area (TPSA) is 42.0 Å². The van der Waals surface area contributed by atoms with Crippen LogP contribution in [0.25, 0.3) is 0 Å². The first-order valence-corrected chi connectivity index (χ1v) is 6.10. The fourth-order valence-corrected chi connectivity index (χ4v) is 1.75. The minimum atomic E-state index is -4.73. The maximum atomic E-state index is 12.8. The van der Waals surface area contributed by atoms with Crippen molar-refractivity contribution < 1.29 is 31.1 Å². The molecule has 122 valence electrons. The number of hydrogen-bond donors (Lipinski definition) is 1. The van der Waals surface area contributed by atoms with Crippen molar-refractivity contribution >= 4 is 11.7 Å². The lowest BCUT2D eigenvalue weighted by Gasteiger charge is -2.12. The van der Waals surface area contributed by atoms with E-state index >= 15 is 0 Å². The average molecular weight is 334 g/mol. The summed E-state index contributed by atoms with van der Waals surface area (Å²) in [5.74, 6) is -1.41. The number of nitrogens with zero attached hydrogens (tertiary/aromatic N) is 1. The maximum absolute atomic E-state index is 12.8. The molecule has 1 aromatic heterocycles. The Labute approximate surface area is 126 Å². The van der Waals surface area contributed by atoms with Crippen LogP contribution in [0.1, 0.15) is 21.5 Å². The third kappa shape index (κ3) is 3.99. The lowest BCUT2D eigenvalue weighted by atomic mass is 10.1. The van der Waals surface area contributed by atoms with E-state index in [9.17, 15) is 31.1 Å². The van der Waals surface area contributed by atoms with E-state index in [2.05, 4.69) is 4.98 Å². The molecule has 1 heterocycles. The second kappa shape index (κ2) is 5.90. The Hall–Kier alpha value is -2.58. The molecule has 0 spiro atoms. The standard InChI is InChI=1S/C14H8F6N2O/c15-13(16,17)8-5-6-11(21-7-8)22-12(23)9-3-1-2-4-10(9)14(18,19)20/h1-7H,(H,21,22,23). The van der Waals surface area contributed by atoms with Gasteiger partial charge in [0.15, 0.2) is 0 Å². The van der Waals surface area contributed by atoms with Gasteiger partial charge in [-0.1, -0.05) is 12.1 Å². The average Bonchev–Trinajstić information content (AvgIpc) is 2.46. The lowest BCUT2D eigenvalue weighted by molar-refractivity contribution is -0.138. The highest BCUT2D eigenvalue weighted by molar-refractivity contribution is 6.04. The molecule has 23 heavy (non-hydrogen) atoms. The summed E-state index contributed by atoms with van der Waals surface area (Å²) in [5.41, 5.74) is -2.84. The predicted octanol–water partition coefficient (Wildman–Crippen LogP) is 4.37. The summed E-state index contributed by atoms with van der Waals surface area (Å²) in [6.07, 6.45) is -8.86. The van der Waals surface area contributed by atoms with Gasteiger partial charge < -0.3 is 5.32 Å².